The standard InChI is InChI=1S/C29H34N4O6/c1-3-38-14-12-33(13-15-39-4-2)29(37)24(16-19-18-30-22-10-6-5-8-20(19)22)32-28(36)23-17-26(35)21-9-7-11-25(34)27(21)31-23/h5-11,17-18,24,30,34H,3-4,12-16H2,1-2H3,(H,31,35)(H,32,36)/t24-/m1/s1. The molecule has 0 aliphatic heterocycles. The van der Waals surface area contributed by atoms with Gasteiger partial charge >= 0.3 is 0 Å². The molecule has 10 nitrogen and oxygen atoms in total. The normalized spacial score (nSPS) is 12.1. The van der Waals surface area contributed by atoms with E-state index in [9.17, 15) is 19.5 Å². The number of H-pyrrole nitrogens is 2. The van der Waals surface area contributed by atoms with Crippen molar-refractivity contribution in [3.05, 3.63) is 76.2 Å². The van der Waals surface area contributed by atoms with Gasteiger partial charge in [-0.25, -0.2) is 0 Å². The second kappa shape index (κ2) is 13.1. The molecule has 1 atom stereocenters. The molecule has 4 N–H and O–H groups in total. The second-order valence-electron chi connectivity index (χ2n) is 9.06. The average molecular weight is 535 g/mol. The number of hydrogen-bond acceptors (Lipinski definition) is 6. The highest BCUT2D eigenvalue weighted by atomic mass is 16.5. The Morgan fingerprint density at radius 1 is 1.00 bits per heavy atom. The van der Waals surface area contributed by atoms with Crippen LogP contribution in [0.15, 0.2) is 59.5 Å². The van der Waals surface area contributed by atoms with E-state index in [4.69, 9.17) is 9.47 Å². The van der Waals surface area contributed by atoms with Crippen LogP contribution in [0.2, 0.25) is 0 Å². The second-order valence-corrected chi connectivity index (χ2v) is 9.06. The van der Waals surface area contributed by atoms with E-state index < -0.39 is 17.4 Å². The highest BCUT2D eigenvalue weighted by molar-refractivity contribution is 5.98. The van der Waals surface area contributed by atoms with Gasteiger partial charge in [-0.15, -0.1) is 0 Å². The zero-order valence-electron chi connectivity index (χ0n) is 22.2. The van der Waals surface area contributed by atoms with Gasteiger partial charge in [-0.2, -0.15) is 0 Å². The number of nitrogens with zero attached hydrogens (tertiary/aromatic N) is 1. The molecule has 206 valence electrons. The van der Waals surface area contributed by atoms with Crippen molar-refractivity contribution >= 4 is 33.6 Å². The largest absolute Gasteiger partial charge is 0.506 e. The summed E-state index contributed by atoms with van der Waals surface area (Å²) in [6.45, 7) is 6.17. The summed E-state index contributed by atoms with van der Waals surface area (Å²) < 4.78 is 11.0. The predicted molar refractivity (Wildman–Crippen MR) is 149 cm³/mol. The van der Waals surface area contributed by atoms with Crippen LogP contribution in [-0.4, -0.2) is 77.3 Å². The van der Waals surface area contributed by atoms with Crippen molar-refractivity contribution in [2.24, 2.45) is 0 Å². The Morgan fingerprint density at radius 3 is 2.41 bits per heavy atom. The number of para-hydroxylation sites is 2. The van der Waals surface area contributed by atoms with Crippen molar-refractivity contribution in [3.63, 3.8) is 0 Å². The monoisotopic (exact) mass is 534 g/mol. The molecule has 2 amide bonds. The molecule has 2 heterocycles. The van der Waals surface area contributed by atoms with Crippen LogP contribution in [0, 0.1) is 0 Å². The molecular weight excluding hydrogens is 500 g/mol. The number of ether oxygens (including phenoxy) is 2. The number of rotatable bonds is 13. The quantitative estimate of drug-likeness (QED) is 0.195. The minimum Gasteiger partial charge on any atom is -0.506 e. The van der Waals surface area contributed by atoms with Crippen molar-refractivity contribution in [2.45, 2.75) is 26.3 Å². The summed E-state index contributed by atoms with van der Waals surface area (Å²) in [4.78, 5) is 47.6. The minimum atomic E-state index is -0.941. The van der Waals surface area contributed by atoms with E-state index in [1.807, 2.05) is 44.3 Å². The van der Waals surface area contributed by atoms with E-state index in [1.54, 1.807) is 17.0 Å². The smallest absolute Gasteiger partial charge is 0.268 e. The maximum absolute atomic E-state index is 13.9. The molecule has 0 bridgehead atoms. The first-order valence-corrected chi connectivity index (χ1v) is 13.1. The zero-order chi connectivity index (χ0) is 27.8. The number of aromatic amines is 2. The van der Waals surface area contributed by atoms with E-state index in [1.165, 1.54) is 12.1 Å². The fourth-order valence-corrected chi connectivity index (χ4v) is 4.53. The summed E-state index contributed by atoms with van der Waals surface area (Å²) >= 11 is 0. The van der Waals surface area contributed by atoms with Gasteiger partial charge < -0.3 is 34.8 Å². The predicted octanol–water partition coefficient (Wildman–Crippen LogP) is 2.96. The number of phenols is 1. The number of phenolic OH excluding ortho intramolecular Hbond substituents is 1. The Morgan fingerprint density at radius 2 is 1.69 bits per heavy atom. The highest BCUT2D eigenvalue weighted by Crippen LogP contribution is 2.21. The number of aromatic hydroxyl groups is 1. The third kappa shape index (κ3) is 6.65. The van der Waals surface area contributed by atoms with Crippen molar-refractivity contribution in [1.82, 2.24) is 20.2 Å². The van der Waals surface area contributed by atoms with Crippen LogP contribution in [0.1, 0.15) is 29.9 Å². The Bertz CT molecular complexity index is 1480. The van der Waals surface area contributed by atoms with Gasteiger partial charge in [0.15, 0.2) is 5.43 Å². The first-order chi connectivity index (χ1) is 18.9. The Labute approximate surface area is 225 Å². The summed E-state index contributed by atoms with van der Waals surface area (Å²) in [6, 6.07) is 12.5. The Hall–Kier alpha value is -4.15. The van der Waals surface area contributed by atoms with E-state index >= 15 is 0 Å². The molecule has 0 aliphatic rings. The van der Waals surface area contributed by atoms with Crippen molar-refractivity contribution < 1.29 is 24.2 Å². The zero-order valence-corrected chi connectivity index (χ0v) is 22.2. The van der Waals surface area contributed by atoms with Crippen molar-refractivity contribution in [3.8, 4) is 5.75 Å². The number of pyridine rings is 1. The first-order valence-electron chi connectivity index (χ1n) is 13.1. The van der Waals surface area contributed by atoms with E-state index in [-0.39, 0.29) is 34.7 Å². The van der Waals surface area contributed by atoms with Gasteiger partial charge in [0.2, 0.25) is 5.91 Å². The lowest BCUT2D eigenvalue weighted by Crippen LogP contribution is -2.51. The number of nitrogens with one attached hydrogen (secondary N) is 3. The maximum Gasteiger partial charge on any atom is 0.268 e. The molecule has 0 spiro atoms. The van der Waals surface area contributed by atoms with Gasteiger partial charge in [-0.1, -0.05) is 24.3 Å². The van der Waals surface area contributed by atoms with Gasteiger partial charge in [0.25, 0.3) is 5.91 Å². The molecule has 0 saturated carbocycles. The maximum atomic E-state index is 13.9. The van der Waals surface area contributed by atoms with Gasteiger partial charge in [0.1, 0.15) is 17.5 Å². The summed E-state index contributed by atoms with van der Waals surface area (Å²) in [5.74, 6) is -1.08. The summed E-state index contributed by atoms with van der Waals surface area (Å²) in [5.41, 5.74) is 1.47. The van der Waals surface area contributed by atoms with Crippen LogP contribution in [0.4, 0.5) is 0 Å². The van der Waals surface area contributed by atoms with Gasteiger partial charge in [-0.3, -0.25) is 14.4 Å². The molecule has 0 saturated heterocycles. The highest BCUT2D eigenvalue weighted by Gasteiger charge is 2.28. The Kier molecular flexibility index (Phi) is 9.35. The first kappa shape index (κ1) is 27.9. The number of carbonyl (C=O) groups excluding carboxylic acids is 2. The lowest BCUT2D eigenvalue weighted by atomic mass is 10.0. The van der Waals surface area contributed by atoms with Crippen LogP contribution in [0.25, 0.3) is 21.8 Å². The van der Waals surface area contributed by atoms with Crippen molar-refractivity contribution in [2.75, 3.05) is 39.5 Å². The fourth-order valence-electron chi connectivity index (χ4n) is 4.53. The fraction of sp³-hybridized carbons (Fsp3) is 0.345. The lowest BCUT2D eigenvalue weighted by Gasteiger charge is -2.28. The molecule has 10 heteroatoms. The third-order valence-electron chi connectivity index (χ3n) is 6.52. The number of fused-ring (bicyclic) bond motifs is 2. The SMILES string of the molecule is CCOCCN(CCOCC)C(=O)[C@@H](Cc1c[nH]c2ccccc12)NC(=O)c1cc(=O)c2cccc(O)c2[nH]1. The van der Waals surface area contributed by atoms with Gasteiger partial charge in [0.05, 0.1) is 18.7 Å². The van der Waals surface area contributed by atoms with Crippen LogP contribution >= 0.6 is 0 Å². The van der Waals surface area contributed by atoms with Crippen LogP contribution in [0.5, 0.6) is 5.75 Å². The van der Waals surface area contributed by atoms with Crippen LogP contribution < -0.4 is 10.7 Å². The van der Waals surface area contributed by atoms with E-state index in [2.05, 4.69) is 15.3 Å². The molecule has 0 radical (unpaired) electrons. The number of amides is 2. The lowest BCUT2D eigenvalue weighted by molar-refractivity contribution is -0.134. The minimum absolute atomic E-state index is 0.0547. The number of benzene rings is 2. The summed E-state index contributed by atoms with van der Waals surface area (Å²) in [7, 11) is 0. The van der Waals surface area contributed by atoms with Crippen molar-refractivity contribution in [1.29, 1.82) is 0 Å². The molecule has 39 heavy (non-hydrogen) atoms. The molecule has 4 aromatic rings. The topological polar surface area (TPSA) is 137 Å². The number of hydrogen-bond donors (Lipinski definition) is 4. The molecule has 0 unspecified atom stereocenters. The van der Waals surface area contributed by atoms with Crippen LogP contribution in [-0.2, 0) is 20.7 Å². The third-order valence-corrected chi connectivity index (χ3v) is 6.52. The van der Waals surface area contributed by atoms with Gasteiger partial charge in [-0.05, 0) is 37.6 Å². The van der Waals surface area contributed by atoms with E-state index in [0.29, 0.717) is 39.5 Å². The molecule has 4 rings (SSSR count). The molecule has 2 aromatic carbocycles. The molecule has 0 fully saturated rings. The molecule has 0 aliphatic carbocycles. The van der Waals surface area contributed by atoms with Gasteiger partial charge in [0, 0.05) is 61.3 Å². The molecular formula is C29H34N4O6. The molecule has 2 aromatic heterocycles. The van der Waals surface area contributed by atoms with E-state index in [0.717, 1.165) is 16.5 Å². The summed E-state index contributed by atoms with van der Waals surface area (Å²) in [5, 5.41) is 14.3. The van der Waals surface area contributed by atoms with Crippen LogP contribution in [0.3, 0.4) is 0 Å². The average Bonchev–Trinajstić information content (AvgIpc) is 3.35. The Balaban J connectivity index is 1.65. The summed E-state index contributed by atoms with van der Waals surface area (Å²) in [6.07, 6.45) is 2.05. The number of aromatic nitrogens is 2. The number of carbonyl (C=O) groups is 2.